The molecule has 0 aromatic carbocycles. The molecule has 0 unspecified atom stereocenters. The summed E-state index contributed by atoms with van der Waals surface area (Å²) in [4.78, 5) is 18.9. The predicted octanol–water partition coefficient (Wildman–Crippen LogP) is 0.744. The first-order valence-corrected chi connectivity index (χ1v) is 8.61. The summed E-state index contributed by atoms with van der Waals surface area (Å²) in [5, 5.41) is 0. The molecule has 1 saturated heterocycles. The maximum atomic E-state index is 12.0. The highest BCUT2D eigenvalue weighted by Crippen LogP contribution is 2.24. The maximum Gasteiger partial charge on any atom is 0.223 e. The zero-order valence-corrected chi connectivity index (χ0v) is 13.6. The van der Waals surface area contributed by atoms with Crippen molar-refractivity contribution in [2.45, 2.75) is 44.6 Å². The van der Waals surface area contributed by atoms with E-state index in [9.17, 15) is 4.79 Å². The van der Waals surface area contributed by atoms with E-state index in [0.29, 0.717) is 13.0 Å². The highest BCUT2D eigenvalue weighted by atomic mass is 16.2. The predicted molar refractivity (Wildman–Crippen MR) is 86.2 cm³/mol. The highest BCUT2D eigenvalue weighted by molar-refractivity contribution is 5.76. The first kappa shape index (κ1) is 16.7. The Morgan fingerprint density at radius 2 is 1.86 bits per heavy atom. The van der Waals surface area contributed by atoms with Gasteiger partial charge in [-0.1, -0.05) is 12.8 Å². The van der Waals surface area contributed by atoms with Gasteiger partial charge in [-0.3, -0.25) is 9.69 Å². The number of rotatable bonds is 7. The monoisotopic (exact) mass is 296 g/mol. The molecule has 122 valence electrons. The van der Waals surface area contributed by atoms with Gasteiger partial charge in [0.05, 0.1) is 0 Å². The lowest BCUT2D eigenvalue weighted by atomic mass is 10.1. The number of hydrogen-bond donors (Lipinski definition) is 1. The average molecular weight is 296 g/mol. The van der Waals surface area contributed by atoms with Gasteiger partial charge in [0.1, 0.15) is 0 Å². The standard InChI is InChI=1S/C16H32N4O/c1-18(9-4-8-17)16(21)7-10-19-11-13-20(14-12-19)15-5-2-3-6-15/h15H,2-14,17H2,1H3. The van der Waals surface area contributed by atoms with Crippen molar-refractivity contribution in [3.8, 4) is 0 Å². The molecule has 0 bridgehead atoms. The molecule has 21 heavy (non-hydrogen) atoms. The molecule has 2 fully saturated rings. The van der Waals surface area contributed by atoms with Gasteiger partial charge in [-0.15, -0.1) is 0 Å². The van der Waals surface area contributed by atoms with Crippen LogP contribution in [0.25, 0.3) is 0 Å². The van der Waals surface area contributed by atoms with Gasteiger partial charge >= 0.3 is 0 Å². The Bertz CT molecular complexity index is 309. The third-order valence-corrected chi connectivity index (χ3v) is 5.01. The molecule has 1 heterocycles. The smallest absolute Gasteiger partial charge is 0.223 e. The third-order valence-electron chi connectivity index (χ3n) is 5.01. The molecule has 1 aliphatic heterocycles. The molecule has 0 aromatic heterocycles. The van der Waals surface area contributed by atoms with Crippen LogP contribution in [0.4, 0.5) is 0 Å². The first-order chi connectivity index (χ1) is 10.2. The van der Waals surface area contributed by atoms with E-state index in [1.54, 1.807) is 0 Å². The number of carbonyl (C=O) groups is 1. The second-order valence-corrected chi connectivity index (χ2v) is 6.52. The molecule has 1 amide bonds. The van der Waals surface area contributed by atoms with E-state index in [-0.39, 0.29) is 5.91 Å². The minimum Gasteiger partial charge on any atom is -0.346 e. The molecular formula is C16H32N4O. The Hall–Kier alpha value is -0.650. The Balaban J connectivity index is 1.61. The summed E-state index contributed by atoms with van der Waals surface area (Å²) < 4.78 is 0. The van der Waals surface area contributed by atoms with Gasteiger partial charge in [0.25, 0.3) is 0 Å². The SMILES string of the molecule is CN(CCCN)C(=O)CCN1CCN(C2CCCC2)CC1. The highest BCUT2D eigenvalue weighted by Gasteiger charge is 2.26. The lowest BCUT2D eigenvalue weighted by Gasteiger charge is -2.38. The fourth-order valence-corrected chi connectivity index (χ4v) is 3.52. The minimum absolute atomic E-state index is 0.252. The molecule has 2 N–H and O–H groups in total. The normalized spacial score (nSPS) is 21.8. The van der Waals surface area contributed by atoms with Gasteiger partial charge in [-0.2, -0.15) is 0 Å². The van der Waals surface area contributed by atoms with Crippen molar-refractivity contribution in [1.82, 2.24) is 14.7 Å². The van der Waals surface area contributed by atoms with Gasteiger partial charge in [0.15, 0.2) is 0 Å². The average Bonchev–Trinajstić information content (AvgIpc) is 3.05. The second kappa shape index (κ2) is 8.71. The molecule has 2 rings (SSSR count). The third kappa shape index (κ3) is 5.24. The van der Waals surface area contributed by atoms with E-state index >= 15 is 0 Å². The minimum atomic E-state index is 0.252. The van der Waals surface area contributed by atoms with Gasteiger partial charge in [0.2, 0.25) is 5.91 Å². The second-order valence-electron chi connectivity index (χ2n) is 6.52. The van der Waals surface area contributed by atoms with E-state index in [0.717, 1.165) is 38.6 Å². The van der Waals surface area contributed by atoms with Crippen molar-refractivity contribution >= 4 is 5.91 Å². The van der Waals surface area contributed by atoms with Crippen molar-refractivity contribution in [2.75, 3.05) is 52.9 Å². The van der Waals surface area contributed by atoms with Gasteiger partial charge < -0.3 is 15.5 Å². The Morgan fingerprint density at radius 1 is 1.19 bits per heavy atom. The number of hydrogen-bond acceptors (Lipinski definition) is 4. The Kier molecular flexibility index (Phi) is 6.93. The molecule has 1 aliphatic carbocycles. The topological polar surface area (TPSA) is 52.8 Å². The van der Waals surface area contributed by atoms with Crippen molar-refractivity contribution < 1.29 is 4.79 Å². The van der Waals surface area contributed by atoms with Crippen LogP contribution in [0, 0.1) is 0 Å². The zero-order chi connectivity index (χ0) is 15.1. The van der Waals surface area contributed by atoms with Crippen molar-refractivity contribution in [2.24, 2.45) is 5.73 Å². The number of nitrogens with two attached hydrogens (primary N) is 1. The number of carbonyl (C=O) groups excluding carboxylic acids is 1. The summed E-state index contributed by atoms with van der Waals surface area (Å²) in [6, 6.07) is 0.844. The number of nitrogens with zero attached hydrogens (tertiary/aromatic N) is 3. The van der Waals surface area contributed by atoms with Crippen LogP contribution in [0.15, 0.2) is 0 Å². The van der Waals surface area contributed by atoms with Crippen molar-refractivity contribution in [3.05, 3.63) is 0 Å². The van der Waals surface area contributed by atoms with Gasteiger partial charge in [-0.05, 0) is 25.8 Å². The van der Waals surface area contributed by atoms with Crippen molar-refractivity contribution in [1.29, 1.82) is 0 Å². The molecule has 0 radical (unpaired) electrons. The molecule has 1 saturated carbocycles. The molecule has 2 aliphatic rings. The van der Waals surface area contributed by atoms with E-state index in [1.165, 1.54) is 38.8 Å². The van der Waals surface area contributed by atoms with E-state index < -0.39 is 0 Å². The molecule has 0 spiro atoms. The molecule has 5 heteroatoms. The Morgan fingerprint density at radius 3 is 2.48 bits per heavy atom. The van der Waals surface area contributed by atoms with Crippen LogP contribution < -0.4 is 5.73 Å². The molecule has 0 atom stereocenters. The lowest BCUT2D eigenvalue weighted by molar-refractivity contribution is -0.130. The first-order valence-electron chi connectivity index (χ1n) is 8.61. The molecule has 5 nitrogen and oxygen atoms in total. The zero-order valence-electron chi connectivity index (χ0n) is 13.6. The molecular weight excluding hydrogens is 264 g/mol. The number of amides is 1. The van der Waals surface area contributed by atoms with Crippen LogP contribution in [-0.2, 0) is 4.79 Å². The van der Waals surface area contributed by atoms with Crippen LogP contribution >= 0.6 is 0 Å². The maximum absolute atomic E-state index is 12.0. The van der Waals surface area contributed by atoms with Crippen LogP contribution in [0.2, 0.25) is 0 Å². The summed E-state index contributed by atoms with van der Waals surface area (Å²) >= 11 is 0. The largest absolute Gasteiger partial charge is 0.346 e. The van der Waals surface area contributed by atoms with Crippen LogP contribution in [0.5, 0.6) is 0 Å². The summed E-state index contributed by atoms with van der Waals surface area (Å²) in [5.41, 5.74) is 5.48. The van der Waals surface area contributed by atoms with E-state index in [1.807, 2.05) is 11.9 Å². The van der Waals surface area contributed by atoms with E-state index in [4.69, 9.17) is 5.73 Å². The van der Waals surface area contributed by atoms with E-state index in [2.05, 4.69) is 9.80 Å². The summed E-state index contributed by atoms with van der Waals surface area (Å²) in [5.74, 6) is 0.252. The van der Waals surface area contributed by atoms with Crippen LogP contribution in [0.3, 0.4) is 0 Å². The van der Waals surface area contributed by atoms with Gasteiger partial charge in [-0.25, -0.2) is 0 Å². The van der Waals surface area contributed by atoms with Crippen LogP contribution in [0.1, 0.15) is 38.5 Å². The molecule has 0 aromatic rings. The summed E-state index contributed by atoms with van der Waals surface area (Å²) in [7, 11) is 1.88. The Labute approximate surface area is 129 Å². The fraction of sp³-hybridized carbons (Fsp3) is 0.938. The summed E-state index contributed by atoms with van der Waals surface area (Å²) in [6.45, 7) is 6.95. The lowest BCUT2D eigenvalue weighted by Crippen LogP contribution is -2.50. The number of piperazine rings is 1. The van der Waals surface area contributed by atoms with Crippen LogP contribution in [-0.4, -0.2) is 79.5 Å². The fourth-order valence-electron chi connectivity index (χ4n) is 3.52. The summed E-state index contributed by atoms with van der Waals surface area (Å²) in [6.07, 6.45) is 7.14. The quantitative estimate of drug-likeness (QED) is 0.753. The van der Waals surface area contributed by atoms with Crippen molar-refractivity contribution in [3.63, 3.8) is 0 Å². The van der Waals surface area contributed by atoms with Gasteiger partial charge in [0, 0.05) is 58.8 Å².